The first-order valence-electron chi connectivity index (χ1n) is 7.72. The summed E-state index contributed by atoms with van der Waals surface area (Å²) >= 11 is 11.0. The Hall–Kier alpha value is -1.62. The summed E-state index contributed by atoms with van der Waals surface area (Å²) < 4.78 is 0.900. The lowest BCUT2D eigenvalue weighted by Gasteiger charge is -2.16. The predicted molar refractivity (Wildman–Crippen MR) is 107 cm³/mol. The normalized spacial score (nSPS) is 11.9. The Kier molecular flexibility index (Phi) is 6.29. The standard InChI is InChI=1S/C20H15BrClNOS/c21-15-9-10-17(23-13-15)12-19(24)20(14-5-2-1-3-6-14)25-18-8-4-7-16(22)11-18/h1-11,13,20H,12H2. The molecule has 2 nitrogen and oxygen atoms in total. The van der Waals surface area contributed by atoms with Gasteiger partial charge in [-0.3, -0.25) is 9.78 Å². The molecule has 1 unspecified atom stereocenters. The van der Waals surface area contributed by atoms with Crippen molar-refractivity contribution in [1.82, 2.24) is 4.98 Å². The van der Waals surface area contributed by atoms with E-state index in [0.717, 1.165) is 20.6 Å². The number of hydrogen-bond donors (Lipinski definition) is 0. The topological polar surface area (TPSA) is 30.0 Å². The molecular formula is C20H15BrClNOS. The van der Waals surface area contributed by atoms with Crippen molar-refractivity contribution in [3.63, 3.8) is 0 Å². The van der Waals surface area contributed by atoms with E-state index in [0.29, 0.717) is 11.4 Å². The quantitative estimate of drug-likeness (QED) is 0.438. The molecule has 0 amide bonds. The van der Waals surface area contributed by atoms with Gasteiger partial charge >= 0.3 is 0 Å². The van der Waals surface area contributed by atoms with Gasteiger partial charge in [0.25, 0.3) is 0 Å². The fraction of sp³-hybridized carbons (Fsp3) is 0.100. The highest BCUT2D eigenvalue weighted by molar-refractivity contribution is 9.10. The van der Waals surface area contributed by atoms with Crippen LogP contribution >= 0.6 is 39.3 Å². The Morgan fingerprint density at radius 1 is 1.08 bits per heavy atom. The van der Waals surface area contributed by atoms with Crippen molar-refractivity contribution in [3.8, 4) is 0 Å². The SMILES string of the molecule is O=C(Cc1ccc(Br)cn1)C(Sc1cccc(Cl)c1)c1ccccc1. The van der Waals surface area contributed by atoms with E-state index in [4.69, 9.17) is 11.6 Å². The van der Waals surface area contributed by atoms with Crippen LogP contribution in [0.4, 0.5) is 0 Å². The van der Waals surface area contributed by atoms with Crippen LogP contribution in [0.3, 0.4) is 0 Å². The van der Waals surface area contributed by atoms with E-state index >= 15 is 0 Å². The summed E-state index contributed by atoms with van der Waals surface area (Å²) in [5.74, 6) is 0.117. The molecule has 0 aliphatic rings. The lowest BCUT2D eigenvalue weighted by Crippen LogP contribution is -2.13. The van der Waals surface area contributed by atoms with E-state index in [-0.39, 0.29) is 11.0 Å². The van der Waals surface area contributed by atoms with Crippen LogP contribution in [0.2, 0.25) is 5.02 Å². The van der Waals surface area contributed by atoms with Crippen molar-refractivity contribution in [2.75, 3.05) is 0 Å². The number of nitrogens with zero attached hydrogens (tertiary/aromatic N) is 1. The molecule has 2 aromatic carbocycles. The number of thioether (sulfide) groups is 1. The Labute approximate surface area is 164 Å². The average molecular weight is 433 g/mol. The third-order valence-corrected chi connectivity index (χ3v) is 5.59. The summed E-state index contributed by atoms with van der Waals surface area (Å²) in [5, 5.41) is 0.365. The number of ketones is 1. The van der Waals surface area contributed by atoms with Crippen LogP contribution in [0.5, 0.6) is 0 Å². The Morgan fingerprint density at radius 3 is 2.56 bits per heavy atom. The molecule has 1 aromatic heterocycles. The number of benzene rings is 2. The van der Waals surface area contributed by atoms with Crippen LogP contribution in [0.15, 0.2) is 82.3 Å². The number of Topliss-reactive ketones (excluding diaryl/α,β-unsaturated/α-hetero) is 1. The van der Waals surface area contributed by atoms with Crippen LogP contribution in [-0.2, 0) is 11.2 Å². The minimum absolute atomic E-state index is 0.117. The van der Waals surface area contributed by atoms with Gasteiger partial charge in [-0.15, -0.1) is 11.8 Å². The van der Waals surface area contributed by atoms with Crippen molar-refractivity contribution >= 4 is 45.1 Å². The molecule has 3 aromatic rings. The minimum atomic E-state index is -0.301. The number of carbonyl (C=O) groups is 1. The minimum Gasteiger partial charge on any atom is -0.298 e. The van der Waals surface area contributed by atoms with Crippen molar-refractivity contribution in [3.05, 3.63) is 93.7 Å². The first-order valence-corrected chi connectivity index (χ1v) is 9.77. The van der Waals surface area contributed by atoms with Gasteiger partial charge in [0.2, 0.25) is 0 Å². The summed E-state index contributed by atoms with van der Waals surface area (Å²) in [4.78, 5) is 18.3. The molecule has 3 rings (SSSR count). The Balaban J connectivity index is 1.85. The highest BCUT2D eigenvalue weighted by Gasteiger charge is 2.22. The van der Waals surface area contributed by atoms with E-state index in [1.54, 1.807) is 6.20 Å². The Morgan fingerprint density at radius 2 is 1.88 bits per heavy atom. The smallest absolute Gasteiger partial charge is 0.156 e. The molecule has 0 saturated heterocycles. The molecule has 25 heavy (non-hydrogen) atoms. The van der Waals surface area contributed by atoms with Crippen molar-refractivity contribution in [2.24, 2.45) is 0 Å². The second kappa shape index (κ2) is 8.65. The predicted octanol–water partition coefficient (Wildman–Crippen LogP) is 6.14. The third-order valence-electron chi connectivity index (χ3n) is 3.59. The monoisotopic (exact) mass is 431 g/mol. The molecule has 0 bridgehead atoms. The maximum atomic E-state index is 13.0. The average Bonchev–Trinajstić information content (AvgIpc) is 2.62. The molecule has 0 N–H and O–H groups in total. The van der Waals surface area contributed by atoms with E-state index in [9.17, 15) is 4.79 Å². The number of pyridine rings is 1. The first-order chi connectivity index (χ1) is 12.1. The molecule has 0 aliphatic heterocycles. The fourth-order valence-electron chi connectivity index (χ4n) is 2.41. The van der Waals surface area contributed by atoms with Crippen molar-refractivity contribution in [1.29, 1.82) is 0 Å². The second-order valence-corrected chi connectivity index (χ2v) is 8.01. The van der Waals surface area contributed by atoms with E-state index in [1.165, 1.54) is 11.8 Å². The molecule has 126 valence electrons. The second-order valence-electron chi connectivity index (χ2n) is 5.48. The molecule has 0 saturated carbocycles. The first kappa shape index (κ1) is 18.2. The third kappa shape index (κ3) is 5.18. The molecular weight excluding hydrogens is 418 g/mol. The molecule has 5 heteroatoms. The van der Waals surface area contributed by atoms with Gasteiger partial charge in [-0.2, -0.15) is 0 Å². The van der Waals surface area contributed by atoms with Gasteiger partial charge in [-0.25, -0.2) is 0 Å². The summed E-state index contributed by atoms with van der Waals surface area (Å²) in [6, 6.07) is 21.2. The molecule has 1 heterocycles. The van der Waals surface area contributed by atoms with Crippen LogP contribution in [0.25, 0.3) is 0 Å². The fourth-order valence-corrected chi connectivity index (χ4v) is 4.03. The zero-order chi connectivity index (χ0) is 17.6. The van der Waals surface area contributed by atoms with E-state index in [1.807, 2.05) is 66.7 Å². The number of carbonyl (C=O) groups excluding carboxylic acids is 1. The molecule has 0 aliphatic carbocycles. The van der Waals surface area contributed by atoms with E-state index < -0.39 is 0 Å². The maximum Gasteiger partial charge on any atom is 0.156 e. The van der Waals surface area contributed by atoms with Crippen LogP contribution < -0.4 is 0 Å². The van der Waals surface area contributed by atoms with Gasteiger partial charge in [-0.1, -0.05) is 48.0 Å². The highest BCUT2D eigenvalue weighted by Crippen LogP contribution is 2.37. The summed E-state index contributed by atoms with van der Waals surface area (Å²) in [5.41, 5.74) is 1.75. The largest absolute Gasteiger partial charge is 0.298 e. The maximum absolute atomic E-state index is 13.0. The molecule has 0 spiro atoms. The summed E-state index contributed by atoms with van der Waals surface area (Å²) in [6.45, 7) is 0. The summed E-state index contributed by atoms with van der Waals surface area (Å²) in [6.07, 6.45) is 2.00. The summed E-state index contributed by atoms with van der Waals surface area (Å²) in [7, 11) is 0. The number of rotatable bonds is 6. The van der Waals surface area contributed by atoms with Crippen molar-refractivity contribution < 1.29 is 4.79 Å². The van der Waals surface area contributed by atoms with Gasteiger partial charge in [0.1, 0.15) is 0 Å². The van der Waals surface area contributed by atoms with Gasteiger partial charge in [0.15, 0.2) is 5.78 Å². The van der Waals surface area contributed by atoms with Crippen LogP contribution in [0, 0.1) is 0 Å². The lowest BCUT2D eigenvalue weighted by atomic mass is 10.0. The lowest BCUT2D eigenvalue weighted by molar-refractivity contribution is -0.118. The van der Waals surface area contributed by atoms with Gasteiger partial charge < -0.3 is 0 Å². The van der Waals surface area contributed by atoms with Crippen molar-refractivity contribution in [2.45, 2.75) is 16.6 Å². The zero-order valence-electron chi connectivity index (χ0n) is 13.2. The van der Waals surface area contributed by atoms with Gasteiger partial charge in [0, 0.05) is 26.3 Å². The molecule has 0 radical (unpaired) electrons. The van der Waals surface area contributed by atoms with Gasteiger partial charge in [-0.05, 0) is 51.8 Å². The number of halogens is 2. The van der Waals surface area contributed by atoms with Crippen LogP contribution in [-0.4, -0.2) is 10.8 Å². The Bertz CT molecular complexity index is 855. The number of hydrogen-bond acceptors (Lipinski definition) is 3. The molecule has 1 atom stereocenters. The zero-order valence-corrected chi connectivity index (χ0v) is 16.4. The van der Waals surface area contributed by atoms with Crippen LogP contribution in [0.1, 0.15) is 16.5 Å². The molecule has 0 fully saturated rings. The van der Waals surface area contributed by atoms with Gasteiger partial charge in [0.05, 0.1) is 11.7 Å². The highest BCUT2D eigenvalue weighted by atomic mass is 79.9. The van der Waals surface area contributed by atoms with E-state index in [2.05, 4.69) is 20.9 Å². The number of aromatic nitrogens is 1.